The zero-order chi connectivity index (χ0) is 10.7. The van der Waals surface area contributed by atoms with E-state index in [0.717, 1.165) is 12.3 Å². The normalized spacial score (nSPS) is 32.5. The molecule has 15 heavy (non-hydrogen) atoms. The predicted molar refractivity (Wildman–Crippen MR) is 66.8 cm³/mol. The van der Waals surface area contributed by atoms with Crippen molar-refractivity contribution < 1.29 is 0 Å². The number of fused-ring (bicyclic) bond motifs is 2. The van der Waals surface area contributed by atoms with E-state index in [1.54, 1.807) is 0 Å². The molecule has 84 valence electrons. The summed E-state index contributed by atoms with van der Waals surface area (Å²) in [5.41, 5.74) is 2.07. The molecule has 0 spiro atoms. The second kappa shape index (κ2) is 4.55. The van der Waals surface area contributed by atoms with Gasteiger partial charge >= 0.3 is 0 Å². The molecule has 2 atom stereocenters. The van der Waals surface area contributed by atoms with Gasteiger partial charge in [0.15, 0.2) is 0 Å². The maximum atomic E-state index is 4.07. The molecular formula is C15H24. The highest BCUT2D eigenvalue weighted by molar-refractivity contribution is 5.15. The Morgan fingerprint density at radius 2 is 2.33 bits per heavy atom. The van der Waals surface area contributed by atoms with E-state index in [4.69, 9.17) is 0 Å². The molecule has 1 fully saturated rings. The number of allylic oxidation sites excluding steroid dienone is 3. The van der Waals surface area contributed by atoms with Gasteiger partial charge in [-0.05, 0) is 56.3 Å². The molecular weight excluding hydrogens is 180 g/mol. The van der Waals surface area contributed by atoms with E-state index in [2.05, 4.69) is 25.7 Å². The van der Waals surface area contributed by atoms with Gasteiger partial charge in [0.1, 0.15) is 0 Å². The largest absolute Gasteiger partial charge is 0.0999 e. The molecule has 0 heteroatoms. The highest BCUT2D eigenvalue weighted by atomic mass is 14.4. The smallest absolute Gasteiger partial charge is 0.0112 e. The van der Waals surface area contributed by atoms with Gasteiger partial charge in [-0.2, -0.15) is 0 Å². The Hall–Kier alpha value is -0.520. The predicted octanol–water partition coefficient (Wildman–Crippen LogP) is 4.87. The fraction of sp³-hybridized carbons (Fsp3) is 0.733. The van der Waals surface area contributed by atoms with Crippen LogP contribution < -0.4 is 0 Å². The molecule has 2 rings (SSSR count). The molecule has 1 saturated carbocycles. The number of hydrogen-bond donors (Lipinski definition) is 0. The maximum Gasteiger partial charge on any atom is -0.0112 e. The van der Waals surface area contributed by atoms with Crippen LogP contribution in [0.3, 0.4) is 0 Å². The number of hydrogen-bond acceptors (Lipinski definition) is 0. The van der Waals surface area contributed by atoms with Gasteiger partial charge in [0.05, 0.1) is 0 Å². The summed E-state index contributed by atoms with van der Waals surface area (Å²) in [5, 5.41) is 0. The van der Waals surface area contributed by atoms with E-state index in [9.17, 15) is 0 Å². The molecule has 0 nitrogen and oxygen atoms in total. The van der Waals surface area contributed by atoms with Crippen molar-refractivity contribution in [3.8, 4) is 0 Å². The van der Waals surface area contributed by atoms with Gasteiger partial charge < -0.3 is 0 Å². The molecule has 2 aliphatic carbocycles. The first-order chi connectivity index (χ1) is 7.24. The van der Waals surface area contributed by atoms with Crippen molar-refractivity contribution >= 4 is 0 Å². The average molecular weight is 204 g/mol. The third kappa shape index (κ3) is 2.53. The van der Waals surface area contributed by atoms with Crippen LogP contribution in [-0.4, -0.2) is 0 Å². The van der Waals surface area contributed by atoms with Crippen LogP contribution in [0.2, 0.25) is 0 Å². The fourth-order valence-electron chi connectivity index (χ4n) is 3.19. The van der Waals surface area contributed by atoms with Crippen LogP contribution in [-0.2, 0) is 0 Å². The molecule has 0 aromatic rings. The van der Waals surface area contributed by atoms with Gasteiger partial charge in [-0.25, -0.2) is 0 Å². The van der Waals surface area contributed by atoms with Gasteiger partial charge in [0, 0.05) is 0 Å². The highest BCUT2D eigenvalue weighted by Gasteiger charge is 2.39. The Morgan fingerprint density at radius 3 is 2.87 bits per heavy atom. The first-order valence-corrected chi connectivity index (χ1v) is 6.60. The summed E-state index contributed by atoms with van der Waals surface area (Å²) in [6, 6.07) is 0. The number of unbranched alkanes of at least 4 members (excludes halogenated alkanes) is 1. The van der Waals surface area contributed by atoms with Crippen molar-refractivity contribution in [2.45, 2.75) is 58.3 Å². The zero-order valence-corrected chi connectivity index (χ0v) is 10.1. The quantitative estimate of drug-likeness (QED) is 0.428. The fourth-order valence-corrected chi connectivity index (χ4v) is 3.19. The summed E-state index contributed by atoms with van der Waals surface area (Å²) in [6.07, 6.45) is 16.0. The van der Waals surface area contributed by atoms with Gasteiger partial charge in [-0.15, -0.1) is 0 Å². The lowest BCUT2D eigenvalue weighted by molar-refractivity contribution is 0.353. The average Bonchev–Trinajstić information content (AvgIpc) is 2.84. The van der Waals surface area contributed by atoms with Gasteiger partial charge in [-0.1, -0.05) is 37.6 Å². The van der Waals surface area contributed by atoms with Crippen LogP contribution in [0.5, 0.6) is 0 Å². The Balaban J connectivity index is 1.66. The standard InChI is InChI=1S/C15H24/c1-3-13(2)6-4-5-9-15-10-7-14(12-15)8-11-15/h7,10,14H,2-6,8-9,11-12H2,1H3. The minimum absolute atomic E-state index is 0.637. The van der Waals surface area contributed by atoms with E-state index in [1.165, 1.54) is 50.5 Å². The summed E-state index contributed by atoms with van der Waals surface area (Å²) in [4.78, 5) is 0. The van der Waals surface area contributed by atoms with E-state index in [0.29, 0.717) is 5.41 Å². The molecule has 2 bridgehead atoms. The van der Waals surface area contributed by atoms with Crippen molar-refractivity contribution in [2.75, 3.05) is 0 Å². The SMILES string of the molecule is C=C(CC)CCCCC12C=CC(CC1)C2. The zero-order valence-electron chi connectivity index (χ0n) is 10.1. The Labute approximate surface area is 94.5 Å². The lowest BCUT2D eigenvalue weighted by Crippen LogP contribution is -2.10. The summed E-state index contributed by atoms with van der Waals surface area (Å²) < 4.78 is 0. The van der Waals surface area contributed by atoms with E-state index < -0.39 is 0 Å². The van der Waals surface area contributed by atoms with E-state index >= 15 is 0 Å². The van der Waals surface area contributed by atoms with Crippen molar-refractivity contribution in [1.29, 1.82) is 0 Å². The highest BCUT2D eigenvalue weighted by Crippen LogP contribution is 2.51. The molecule has 0 radical (unpaired) electrons. The summed E-state index contributed by atoms with van der Waals surface area (Å²) in [5.74, 6) is 0.940. The molecule has 0 heterocycles. The summed E-state index contributed by atoms with van der Waals surface area (Å²) in [7, 11) is 0. The Kier molecular flexibility index (Phi) is 3.33. The molecule has 0 aromatic heterocycles. The molecule has 0 amide bonds. The van der Waals surface area contributed by atoms with Crippen LogP contribution in [0.4, 0.5) is 0 Å². The van der Waals surface area contributed by atoms with Crippen LogP contribution in [0.1, 0.15) is 58.3 Å². The lowest BCUT2D eigenvalue weighted by Gasteiger charge is -2.23. The maximum absolute atomic E-state index is 4.07. The third-order valence-electron chi connectivity index (χ3n) is 4.36. The molecule has 0 N–H and O–H groups in total. The lowest BCUT2D eigenvalue weighted by atomic mass is 9.82. The van der Waals surface area contributed by atoms with Gasteiger partial charge in [0.2, 0.25) is 0 Å². The van der Waals surface area contributed by atoms with Crippen LogP contribution in [0.15, 0.2) is 24.3 Å². The third-order valence-corrected chi connectivity index (χ3v) is 4.36. The molecule has 0 saturated heterocycles. The second-order valence-corrected chi connectivity index (χ2v) is 5.54. The minimum Gasteiger partial charge on any atom is -0.0999 e. The van der Waals surface area contributed by atoms with E-state index in [-0.39, 0.29) is 0 Å². The Bertz CT molecular complexity index is 261. The van der Waals surface area contributed by atoms with Crippen molar-refractivity contribution in [2.24, 2.45) is 11.3 Å². The van der Waals surface area contributed by atoms with Crippen molar-refractivity contribution in [3.63, 3.8) is 0 Å². The first-order valence-electron chi connectivity index (χ1n) is 6.60. The van der Waals surface area contributed by atoms with Crippen LogP contribution >= 0.6 is 0 Å². The van der Waals surface area contributed by atoms with Crippen LogP contribution in [0.25, 0.3) is 0 Å². The van der Waals surface area contributed by atoms with E-state index in [1.807, 2.05) is 0 Å². The topological polar surface area (TPSA) is 0 Å². The molecule has 2 unspecified atom stereocenters. The molecule has 2 aliphatic rings. The first kappa shape index (κ1) is 11.0. The van der Waals surface area contributed by atoms with Crippen molar-refractivity contribution in [1.82, 2.24) is 0 Å². The summed E-state index contributed by atoms with van der Waals surface area (Å²) >= 11 is 0. The van der Waals surface area contributed by atoms with Crippen LogP contribution in [0, 0.1) is 11.3 Å². The Morgan fingerprint density at radius 1 is 1.47 bits per heavy atom. The summed E-state index contributed by atoms with van der Waals surface area (Å²) in [6.45, 7) is 6.28. The monoisotopic (exact) mass is 204 g/mol. The van der Waals surface area contributed by atoms with Gasteiger partial charge in [0.25, 0.3) is 0 Å². The second-order valence-electron chi connectivity index (χ2n) is 5.54. The number of rotatable bonds is 6. The van der Waals surface area contributed by atoms with Gasteiger partial charge in [-0.3, -0.25) is 0 Å². The molecule has 0 aromatic carbocycles. The van der Waals surface area contributed by atoms with Crippen molar-refractivity contribution in [3.05, 3.63) is 24.3 Å². The molecule has 0 aliphatic heterocycles. The minimum atomic E-state index is 0.637.